The Bertz CT molecular complexity index is 218. The molecular formula is C8H9NO. The van der Waals surface area contributed by atoms with Crippen molar-refractivity contribution < 1.29 is 4.79 Å². The molecule has 10 heavy (non-hydrogen) atoms. The second kappa shape index (κ2) is 4.51. The van der Waals surface area contributed by atoms with Gasteiger partial charge in [0.05, 0.1) is 5.57 Å². The lowest BCUT2D eigenvalue weighted by Crippen LogP contribution is -1.94. The van der Waals surface area contributed by atoms with Gasteiger partial charge in [0.2, 0.25) is 0 Å². The van der Waals surface area contributed by atoms with Crippen molar-refractivity contribution in [2.45, 2.75) is 13.8 Å². The first-order valence-electron chi connectivity index (χ1n) is 2.99. The summed E-state index contributed by atoms with van der Waals surface area (Å²) in [5, 5.41) is 8.35. The van der Waals surface area contributed by atoms with Gasteiger partial charge in [0, 0.05) is 0 Å². The monoisotopic (exact) mass is 135 g/mol. The van der Waals surface area contributed by atoms with E-state index in [-0.39, 0.29) is 11.4 Å². The molecule has 0 saturated heterocycles. The van der Waals surface area contributed by atoms with E-state index in [1.807, 2.05) is 0 Å². The summed E-state index contributed by atoms with van der Waals surface area (Å²) >= 11 is 0. The summed E-state index contributed by atoms with van der Waals surface area (Å²) in [5.41, 5.74) is 0.193. The van der Waals surface area contributed by atoms with Crippen molar-refractivity contribution in [3.05, 3.63) is 23.8 Å². The van der Waals surface area contributed by atoms with E-state index in [0.717, 1.165) is 0 Å². The van der Waals surface area contributed by atoms with Gasteiger partial charge in [-0.3, -0.25) is 4.79 Å². The number of hydrogen-bond acceptors (Lipinski definition) is 2. The summed E-state index contributed by atoms with van der Waals surface area (Å²) in [4.78, 5) is 10.8. The normalized spacial score (nSPS) is 11.5. The second-order valence-electron chi connectivity index (χ2n) is 1.68. The van der Waals surface area contributed by atoms with E-state index in [0.29, 0.717) is 0 Å². The largest absolute Gasteiger partial charge is 0.289 e. The van der Waals surface area contributed by atoms with Crippen molar-refractivity contribution >= 4 is 5.78 Å². The van der Waals surface area contributed by atoms with Crippen LogP contribution in [0.5, 0.6) is 0 Å². The first kappa shape index (κ1) is 8.64. The third-order valence-corrected chi connectivity index (χ3v) is 0.993. The zero-order chi connectivity index (χ0) is 7.98. The van der Waals surface area contributed by atoms with Crippen LogP contribution in [0.15, 0.2) is 23.8 Å². The molecule has 0 aromatic heterocycles. The fourth-order valence-corrected chi connectivity index (χ4v) is 0.503. The van der Waals surface area contributed by atoms with E-state index in [2.05, 4.69) is 0 Å². The summed E-state index contributed by atoms with van der Waals surface area (Å²) in [6.45, 7) is 3.41. The Hall–Kier alpha value is -1.36. The van der Waals surface area contributed by atoms with Crippen LogP contribution in [-0.4, -0.2) is 5.78 Å². The van der Waals surface area contributed by atoms with E-state index in [9.17, 15) is 4.79 Å². The standard InChI is InChI=1S/C8H9NO/c1-3-5-8(10)7(4-2)6-9/h3-5H,1-2H3/b5-3-,7-4-. The average molecular weight is 135 g/mol. The number of ketones is 1. The number of allylic oxidation sites excluding steroid dienone is 4. The highest BCUT2D eigenvalue weighted by atomic mass is 16.1. The number of carbonyl (C=O) groups excluding carboxylic acids is 1. The molecule has 0 aliphatic heterocycles. The second-order valence-corrected chi connectivity index (χ2v) is 1.68. The molecule has 0 aromatic carbocycles. The van der Waals surface area contributed by atoms with Crippen molar-refractivity contribution in [3.63, 3.8) is 0 Å². The highest BCUT2D eigenvalue weighted by Gasteiger charge is 2.00. The molecule has 0 atom stereocenters. The van der Waals surface area contributed by atoms with Crippen LogP contribution in [0.3, 0.4) is 0 Å². The minimum atomic E-state index is -0.229. The van der Waals surface area contributed by atoms with E-state index in [1.165, 1.54) is 12.2 Å². The predicted molar refractivity (Wildman–Crippen MR) is 39.2 cm³/mol. The van der Waals surface area contributed by atoms with Gasteiger partial charge in [0.25, 0.3) is 0 Å². The first-order chi connectivity index (χ1) is 4.76. The van der Waals surface area contributed by atoms with Crippen molar-refractivity contribution in [3.8, 4) is 6.07 Å². The first-order valence-corrected chi connectivity index (χ1v) is 2.99. The maximum absolute atomic E-state index is 10.8. The fraction of sp³-hybridized carbons (Fsp3) is 0.250. The highest BCUT2D eigenvalue weighted by molar-refractivity contribution is 6.06. The average Bonchev–Trinajstić information content (AvgIpc) is 1.91. The zero-order valence-corrected chi connectivity index (χ0v) is 6.09. The molecule has 0 fully saturated rings. The summed E-state index contributed by atoms with van der Waals surface area (Å²) in [7, 11) is 0. The number of hydrogen-bond donors (Lipinski definition) is 0. The highest BCUT2D eigenvalue weighted by Crippen LogP contribution is 1.94. The molecule has 0 spiro atoms. The van der Waals surface area contributed by atoms with Crippen LogP contribution < -0.4 is 0 Å². The van der Waals surface area contributed by atoms with E-state index < -0.39 is 0 Å². The van der Waals surface area contributed by atoms with E-state index in [4.69, 9.17) is 5.26 Å². The third kappa shape index (κ3) is 2.27. The smallest absolute Gasteiger partial charge is 0.195 e. The van der Waals surface area contributed by atoms with Gasteiger partial charge < -0.3 is 0 Å². The number of carbonyl (C=O) groups is 1. The van der Waals surface area contributed by atoms with E-state index in [1.54, 1.807) is 26.0 Å². The zero-order valence-electron chi connectivity index (χ0n) is 6.09. The van der Waals surface area contributed by atoms with E-state index >= 15 is 0 Å². The fourth-order valence-electron chi connectivity index (χ4n) is 0.503. The maximum Gasteiger partial charge on any atom is 0.195 e. The van der Waals surface area contributed by atoms with Gasteiger partial charge >= 0.3 is 0 Å². The molecule has 0 N–H and O–H groups in total. The molecule has 0 unspecified atom stereocenters. The molecule has 2 nitrogen and oxygen atoms in total. The van der Waals surface area contributed by atoms with Crippen molar-refractivity contribution in [2.75, 3.05) is 0 Å². The summed E-state index contributed by atoms with van der Waals surface area (Å²) in [6, 6.07) is 1.80. The summed E-state index contributed by atoms with van der Waals surface area (Å²) in [5.74, 6) is -0.229. The molecule has 0 saturated carbocycles. The predicted octanol–water partition coefficient (Wildman–Crippen LogP) is 1.60. The molecular weight excluding hydrogens is 126 g/mol. The van der Waals surface area contributed by atoms with Crippen LogP contribution in [0.4, 0.5) is 0 Å². The molecule has 0 heterocycles. The maximum atomic E-state index is 10.8. The van der Waals surface area contributed by atoms with Crippen LogP contribution in [0, 0.1) is 11.3 Å². The van der Waals surface area contributed by atoms with Crippen LogP contribution >= 0.6 is 0 Å². The molecule has 52 valence electrons. The lowest BCUT2D eigenvalue weighted by molar-refractivity contribution is -0.111. The van der Waals surface area contributed by atoms with Crippen molar-refractivity contribution in [1.29, 1.82) is 5.26 Å². The summed E-state index contributed by atoms with van der Waals surface area (Å²) < 4.78 is 0. The van der Waals surface area contributed by atoms with Gasteiger partial charge in [-0.05, 0) is 19.9 Å². The minimum Gasteiger partial charge on any atom is -0.289 e. The Kier molecular flexibility index (Phi) is 3.90. The van der Waals surface area contributed by atoms with Crippen LogP contribution in [0.1, 0.15) is 13.8 Å². The molecule has 0 aliphatic rings. The SMILES string of the molecule is C/C=C\C(=O)/C(C#N)=C\C. The lowest BCUT2D eigenvalue weighted by atomic mass is 10.2. The van der Waals surface area contributed by atoms with Gasteiger partial charge in [0.15, 0.2) is 5.78 Å². The van der Waals surface area contributed by atoms with Gasteiger partial charge in [-0.2, -0.15) is 5.26 Å². The number of nitriles is 1. The molecule has 0 rings (SSSR count). The Morgan fingerprint density at radius 1 is 1.50 bits per heavy atom. The minimum absolute atomic E-state index is 0.193. The molecule has 0 radical (unpaired) electrons. The number of nitrogens with zero attached hydrogens (tertiary/aromatic N) is 1. The number of rotatable bonds is 2. The van der Waals surface area contributed by atoms with Gasteiger partial charge in [-0.25, -0.2) is 0 Å². The molecule has 0 aromatic rings. The third-order valence-electron chi connectivity index (χ3n) is 0.993. The van der Waals surface area contributed by atoms with Crippen molar-refractivity contribution in [2.24, 2.45) is 0 Å². The van der Waals surface area contributed by atoms with Crippen molar-refractivity contribution in [1.82, 2.24) is 0 Å². The summed E-state index contributed by atoms with van der Waals surface area (Å²) in [6.07, 6.45) is 4.49. The quantitative estimate of drug-likeness (QED) is 0.426. The van der Waals surface area contributed by atoms with Gasteiger partial charge in [-0.15, -0.1) is 0 Å². The molecule has 0 amide bonds. The molecule has 0 aliphatic carbocycles. The van der Waals surface area contributed by atoms with Crippen LogP contribution in [-0.2, 0) is 4.79 Å². The lowest BCUT2D eigenvalue weighted by Gasteiger charge is -1.85. The molecule has 0 bridgehead atoms. The van der Waals surface area contributed by atoms with Crippen LogP contribution in [0.2, 0.25) is 0 Å². The Morgan fingerprint density at radius 2 is 2.10 bits per heavy atom. The van der Waals surface area contributed by atoms with Gasteiger partial charge in [0.1, 0.15) is 6.07 Å². The Balaban J connectivity index is 4.37. The Labute approximate surface area is 60.5 Å². The Morgan fingerprint density at radius 3 is 2.40 bits per heavy atom. The molecule has 2 heteroatoms. The topological polar surface area (TPSA) is 40.9 Å². The van der Waals surface area contributed by atoms with Gasteiger partial charge in [-0.1, -0.05) is 12.2 Å². The van der Waals surface area contributed by atoms with Crippen LogP contribution in [0.25, 0.3) is 0 Å².